The van der Waals surface area contributed by atoms with E-state index in [9.17, 15) is 4.79 Å². The summed E-state index contributed by atoms with van der Waals surface area (Å²) in [6.07, 6.45) is 7.80. The Morgan fingerprint density at radius 2 is 2.14 bits per heavy atom. The van der Waals surface area contributed by atoms with Crippen molar-refractivity contribution in [3.8, 4) is 0 Å². The highest BCUT2D eigenvalue weighted by Gasteiger charge is 2.11. The Morgan fingerprint density at radius 3 is 2.57 bits per heavy atom. The highest BCUT2D eigenvalue weighted by atomic mass is 16.2. The second-order valence-electron chi connectivity index (χ2n) is 3.03. The molecule has 0 saturated heterocycles. The van der Waals surface area contributed by atoms with Gasteiger partial charge in [0.1, 0.15) is 0 Å². The summed E-state index contributed by atoms with van der Waals surface area (Å²) >= 11 is 0. The van der Waals surface area contributed by atoms with Gasteiger partial charge in [-0.05, 0) is 19.3 Å². The number of nitrogens with zero attached hydrogens (tertiary/aromatic N) is 1. The molecule has 1 amide bonds. The Hall–Kier alpha value is -1.64. The van der Waals surface area contributed by atoms with Gasteiger partial charge in [-0.1, -0.05) is 31.4 Å². The maximum atomic E-state index is 11.4. The van der Waals surface area contributed by atoms with Crippen molar-refractivity contribution in [2.24, 2.45) is 5.10 Å². The highest BCUT2D eigenvalue weighted by molar-refractivity contribution is 5.97. The highest BCUT2D eigenvalue weighted by Crippen LogP contribution is 2.13. The van der Waals surface area contributed by atoms with Gasteiger partial charge >= 0.3 is 0 Å². The topological polar surface area (TPSA) is 41.5 Å². The summed E-state index contributed by atoms with van der Waals surface area (Å²) in [5.74, 6) is -0.237. The zero-order valence-corrected chi connectivity index (χ0v) is 8.12. The summed E-state index contributed by atoms with van der Waals surface area (Å²) in [7, 11) is 0. The minimum Gasteiger partial charge on any atom is -0.267 e. The third kappa shape index (κ3) is 2.69. The number of rotatable bonds is 4. The summed E-state index contributed by atoms with van der Waals surface area (Å²) in [6, 6.07) is 0. The Balaban J connectivity index is 2.51. The number of hydrazone groups is 1. The molecular formula is C11H14N2O. The molecule has 74 valence electrons. The molecule has 0 atom stereocenters. The van der Waals surface area contributed by atoms with Crippen LogP contribution in [-0.2, 0) is 4.79 Å². The lowest BCUT2D eigenvalue weighted by Crippen LogP contribution is -2.23. The van der Waals surface area contributed by atoms with Crippen LogP contribution in [0.3, 0.4) is 0 Å². The van der Waals surface area contributed by atoms with E-state index in [1.807, 2.05) is 0 Å². The Morgan fingerprint density at radius 1 is 1.43 bits per heavy atom. The van der Waals surface area contributed by atoms with Crippen LogP contribution in [0.15, 0.2) is 42.1 Å². The van der Waals surface area contributed by atoms with Gasteiger partial charge in [-0.3, -0.25) is 4.79 Å². The van der Waals surface area contributed by atoms with Gasteiger partial charge in [-0.25, -0.2) is 5.43 Å². The van der Waals surface area contributed by atoms with Crippen LogP contribution in [0.5, 0.6) is 0 Å². The van der Waals surface area contributed by atoms with Crippen molar-refractivity contribution in [3.63, 3.8) is 0 Å². The summed E-state index contributed by atoms with van der Waals surface area (Å²) in [5, 5.41) is 3.97. The van der Waals surface area contributed by atoms with Crippen molar-refractivity contribution >= 4 is 11.6 Å². The van der Waals surface area contributed by atoms with E-state index in [1.54, 1.807) is 12.2 Å². The number of allylic oxidation sites excluding steroid dienone is 2. The Bertz CT molecular complexity index is 307. The molecule has 0 spiro atoms. The predicted octanol–water partition coefficient (Wildman–Crippen LogP) is 1.94. The fraction of sp³-hybridized carbons (Fsp3) is 0.273. The first-order valence-electron chi connectivity index (χ1n) is 4.59. The van der Waals surface area contributed by atoms with E-state index in [2.05, 4.69) is 23.7 Å². The van der Waals surface area contributed by atoms with Gasteiger partial charge in [-0.15, -0.1) is 0 Å². The van der Waals surface area contributed by atoms with E-state index in [0.29, 0.717) is 5.57 Å². The van der Waals surface area contributed by atoms with Gasteiger partial charge in [0.25, 0.3) is 5.91 Å². The van der Waals surface area contributed by atoms with Crippen LogP contribution in [0.2, 0.25) is 0 Å². The first-order valence-corrected chi connectivity index (χ1v) is 4.59. The molecule has 0 aliphatic heterocycles. The lowest BCUT2D eigenvalue weighted by atomic mass is 9.98. The molecule has 0 aromatic carbocycles. The number of carbonyl (C=O) groups excluding carboxylic acids is 1. The van der Waals surface area contributed by atoms with Crippen LogP contribution in [0.1, 0.15) is 19.3 Å². The molecular weight excluding hydrogens is 176 g/mol. The minimum absolute atomic E-state index is 0.237. The average Bonchev–Trinajstić information content (AvgIpc) is 2.11. The molecule has 0 bridgehead atoms. The van der Waals surface area contributed by atoms with Crippen molar-refractivity contribution in [2.75, 3.05) is 0 Å². The SMILES string of the molecule is C=C/C=C(\C=C)C(=O)NN=C1CCC1. The second-order valence-corrected chi connectivity index (χ2v) is 3.03. The first kappa shape index (κ1) is 10.4. The molecule has 1 fully saturated rings. The molecule has 1 aliphatic carbocycles. The fourth-order valence-electron chi connectivity index (χ4n) is 1.00. The summed E-state index contributed by atoms with van der Waals surface area (Å²) in [5.41, 5.74) is 4.01. The maximum Gasteiger partial charge on any atom is 0.271 e. The van der Waals surface area contributed by atoms with Gasteiger partial charge in [0, 0.05) is 11.3 Å². The molecule has 3 heteroatoms. The predicted molar refractivity (Wildman–Crippen MR) is 57.9 cm³/mol. The molecule has 0 aromatic heterocycles. The van der Waals surface area contributed by atoms with Gasteiger partial charge < -0.3 is 0 Å². The van der Waals surface area contributed by atoms with E-state index < -0.39 is 0 Å². The fourth-order valence-corrected chi connectivity index (χ4v) is 1.00. The monoisotopic (exact) mass is 190 g/mol. The van der Waals surface area contributed by atoms with Crippen LogP contribution in [0, 0.1) is 0 Å². The van der Waals surface area contributed by atoms with Gasteiger partial charge in [-0.2, -0.15) is 5.10 Å². The molecule has 3 nitrogen and oxygen atoms in total. The molecule has 0 unspecified atom stereocenters. The molecule has 0 aromatic rings. The van der Waals surface area contributed by atoms with Crippen LogP contribution < -0.4 is 5.43 Å². The lowest BCUT2D eigenvalue weighted by molar-refractivity contribution is -0.117. The summed E-state index contributed by atoms with van der Waals surface area (Å²) < 4.78 is 0. The van der Waals surface area contributed by atoms with E-state index in [4.69, 9.17) is 0 Å². The number of amides is 1. The minimum atomic E-state index is -0.237. The van der Waals surface area contributed by atoms with Crippen molar-refractivity contribution in [2.45, 2.75) is 19.3 Å². The average molecular weight is 190 g/mol. The van der Waals surface area contributed by atoms with Gasteiger partial charge in [0.15, 0.2) is 0 Å². The largest absolute Gasteiger partial charge is 0.271 e. The zero-order valence-electron chi connectivity index (χ0n) is 8.12. The normalized spacial score (nSPS) is 15.4. The van der Waals surface area contributed by atoms with E-state index >= 15 is 0 Å². The van der Waals surface area contributed by atoms with Crippen molar-refractivity contribution in [1.29, 1.82) is 0 Å². The number of carbonyl (C=O) groups is 1. The molecule has 1 N–H and O–H groups in total. The van der Waals surface area contributed by atoms with Crippen LogP contribution in [0.4, 0.5) is 0 Å². The van der Waals surface area contributed by atoms with E-state index in [1.165, 1.54) is 12.5 Å². The lowest BCUT2D eigenvalue weighted by Gasteiger charge is -2.13. The smallest absolute Gasteiger partial charge is 0.267 e. The Labute approximate surface area is 83.9 Å². The third-order valence-electron chi connectivity index (χ3n) is 2.03. The van der Waals surface area contributed by atoms with Gasteiger partial charge in [0.2, 0.25) is 0 Å². The quantitative estimate of drug-likeness (QED) is 0.411. The number of nitrogens with one attached hydrogen (secondary N) is 1. The van der Waals surface area contributed by atoms with Crippen molar-refractivity contribution in [1.82, 2.24) is 5.43 Å². The van der Waals surface area contributed by atoms with Crippen LogP contribution in [0.25, 0.3) is 0 Å². The summed E-state index contributed by atoms with van der Waals surface area (Å²) in [6.45, 7) is 7.05. The maximum absolute atomic E-state index is 11.4. The van der Waals surface area contributed by atoms with Gasteiger partial charge in [0.05, 0.1) is 0 Å². The van der Waals surface area contributed by atoms with Crippen LogP contribution >= 0.6 is 0 Å². The Kier molecular flexibility index (Phi) is 3.85. The molecule has 1 rings (SSSR count). The number of hydrogen-bond donors (Lipinski definition) is 1. The zero-order chi connectivity index (χ0) is 10.4. The molecule has 1 aliphatic rings. The molecule has 0 radical (unpaired) electrons. The van der Waals surface area contributed by atoms with Crippen molar-refractivity contribution in [3.05, 3.63) is 37.0 Å². The van der Waals surface area contributed by atoms with E-state index in [0.717, 1.165) is 18.6 Å². The second kappa shape index (κ2) is 5.17. The third-order valence-corrected chi connectivity index (χ3v) is 2.03. The van der Waals surface area contributed by atoms with Crippen LogP contribution in [-0.4, -0.2) is 11.6 Å². The molecule has 14 heavy (non-hydrogen) atoms. The van der Waals surface area contributed by atoms with E-state index in [-0.39, 0.29) is 5.91 Å². The number of hydrogen-bond acceptors (Lipinski definition) is 2. The molecule has 0 heterocycles. The first-order chi connectivity index (χ1) is 6.77. The summed E-state index contributed by atoms with van der Waals surface area (Å²) in [4.78, 5) is 11.4. The standard InChI is InChI=1S/C11H14N2O/c1-3-6-9(4-2)11(14)13-12-10-7-5-8-10/h3-4,6H,1-2,5,7-8H2,(H,13,14)/b9-6+. The van der Waals surface area contributed by atoms with Crippen molar-refractivity contribution < 1.29 is 4.79 Å². The molecule has 1 saturated carbocycles.